The fraction of sp³-hybridized carbons (Fsp3) is 0.250. The Balaban J connectivity index is 1.99. The van der Waals surface area contributed by atoms with Gasteiger partial charge >= 0.3 is 0 Å². The highest BCUT2D eigenvalue weighted by Gasteiger charge is 2.10. The minimum absolute atomic E-state index is 0.187. The second-order valence-electron chi connectivity index (χ2n) is 4.57. The smallest absolute Gasteiger partial charge is 0.123 e. The zero-order valence-corrected chi connectivity index (χ0v) is 11.2. The zero-order chi connectivity index (χ0) is 13.7. The molecule has 1 atom stereocenters. The summed E-state index contributed by atoms with van der Waals surface area (Å²) >= 11 is 5.98. The van der Waals surface area contributed by atoms with Crippen molar-refractivity contribution in [2.75, 3.05) is 5.88 Å². The number of hydrogen-bond donors (Lipinski definition) is 0. The quantitative estimate of drug-likeness (QED) is 0.682. The van der Waals surface area contributed by atoms with E-state index in [1.54, 1.807) is 24.3 Å². The van der Waals surface area contributed by atoms with Crippen molar-refractivity contribution in [3.63, 3.8) is 0 Å². The summed E-state index contributed by atoms with van der Waals surface area (Å²) in [5.41, 5.74) is 2.12. The molecule has 100 valence electrons. The average Bonchev–Trinajstić information content (AvgIpc) is 2.43. The van der Waals surface area contributed by atoms with Gasteiger partial charge in [-0.15, -0.1) is 11.6 Å². The van der Waals surface area contributed by atoms with Crippen LogP contribution in [0.15, 0.2) is 48.5 Å². The van der Waals surface area contributed by atoms with E-state index in [0.717, 1.165) is 24.0 Å². The molecule has 0 aliphatic rings. The normalized spacial score (nSPS) is 12.4. The number of alkyl halides is 1. The Morgan fingerprint density at radius 3 is 1.89 bits per heavy atom. The molecule has 0 spiro atoms. The molecule has 0 N–H and O–H groups in total. The number of halogens is 3. The Kier molecular flexibility index (Phi) is 4.92. The van der Waals surface area contributed by atoms with Gasteiger partial charge in [-0.05, 0) is 54.2 Å². The van der Waals surface area contributed by atoms with E-state index in [-0.39, 0.29) is 17.6 Å². The number of aryl methyl sites for hydroxylation is 1. The van der Waals surface area contributed by atoms with Gasteiger partial charge < -0.3 is 0 Å². The van der Waals surface area contributed by atoms with Crippen molar-refractivity contribution in [2.24, 2.45) is 0 Å². The zero-order valence-electron chi connectivity index (χ0n) is 10.5. The molecule has 0 heterocycles. The van der Waals surface area contributed by atoms with Crippen LogP contribution in [0, 0.1) is 11.6 Å². The van der Waals surface area contributed by atoms with E-state index in [1.165, 1.54) is 24.3 Å². The molecule has 2 rings (SSSR count). The Morgan fingerprint density at radius 1 is 0.842 bits per heavy atom. The predicted octanol–water partition coefficient (Wildman–Crippen LogP) is 4.92. The van der Waals surface area contributed by atoms with Gasteiger partial charge in [0.05, 0.1) is 0 Å². The van der Waals surface area contributed by atoms with E-state index in [2.05, 4.69) is 0 Å². The number of benzene rings is 2. The third-order valence-corrected chi connectivity index (χ3v) is 3.59. The molecule has 0 saturated heterocycles. The monoisotopic (exact) mass is 280 g/mol. The van der Waals surface area contributed by atoms with E-state index in [4.69, 9.17) is 11.6 Å². The van der Waals surface area contributed by atoms with Crippen LogP contribution in [0.5, 0.6) is 0 Å². The minimum Gasteiger partial charge on any atom is -0.207 e. The van der Waals surface area contributed by atoms with Gasteiger partial charge in [-0.3, -0.25) is 0 Å². The van der Waals surface area contributed by atoms with Crippen molar-refractivity contribution in [2.45, 2.75) is 18.8 Å². The maximum atomic E-state index is 12.9. The van der Waals surface area contributed by atoms with Crippen LogP contribution in [0.4, 0.5) is 8.78 Å². The van der Waals surface area contributed by atoms with Crippen LogP contribution in [0.2, 0.25) is 0 Å². The lowest BCUT2D eigenvalue weighted by Crippen LogP contribution is -2.02. The predicted molar refractivity (Wildman–Crippen MR) is 74.6 cm³/mol. The fourth-order valence-corrected chi connectivity index (χ4v) is 2.39. The molecular formula is C16H15ClF2. The Bertz CT molecular complexity index is 505. The number of rotatable bonds is 5. The highest BCUT2D eigenvalue weighted by Crippen LogP contribution is 2.23. The van der Waals surface area contributed by atoms with Gasteiger partial charge in [-0.2, -0.15) is 0 Å². The van der Waals surface area contributed by atoms with Gasteiger partial charge in [0.15, 0.2) is 0 Å². The standard InChI is InChI=1S/C16H15ClF2/c17-11-14(13-5-9-16(19)10-6-13)4-1-12-2-7-15(18)8-3-12/h2-3,5-10,14H,1,4,11H2. The first-order chi connectivity index (χ1) is 9.19. The van der Waals surface area contributed by atoms with Crippen molar-refractivity contribution in [3.05, 3.63) is 71.3 Å². The van der Waals surface area contributed by atoms with Gasteiger partial charge in [-0.1, -0.05) is 24.3 Å². The van der Waals surface area contributed by atoms with E-state index in [9.17, 15) is 8.78 Å². The van der Waals surface area contributed by atoms with Crippen LogP contribution < -0.4 is 0 Å². The minimum atomic E-state index is -0.240. The lowest BCUT2D eigenvalue weighted by molar-refractivity contribution is 0.622. The molecule has 0 aliphatic heterocycles. The topological polar surface area (TPSA) is 0 Å². The van der Waals surface area contributed by atoms with Crippen LogP contribution >= 0.6 is 11.6 Å². The first-order valence-corrected chi connectivity index (χ1v) is 6.78. The molecule has 0 saturated carbocycles. The highest BCUT2D eigenvalue weighted by atomic mass is 35.5. The lowest BCUT2D eigenvalue weighted by Gasteiger charge is -2.14. The fourth-order valence-electron chi connectivity index (χ4n) is 2.06. The third kappa shape index (κ3) is 4.03. The van der Waals surface area contributed by atoms with Crippen LogP contribution in [0.1, 0.15) is 23.5 Å². The van der Waals surface area contributed by atoms with Gasteiger partial charge in [0.25, 0.3) is 0 Å². The summed E-state index contributed by atoms with van der Waals surface area (Å²) < 4.78 is 25.7. The molecule has 19 heavy (non-hydrogen) atoms. The molecule has 2 aromatic rings. The second-order valence-corrected chi connectivity index (χ2v) is 4.88. The summed E-state index contributed by atoms with van der Waals surface area (Å²) in [6.45, 7) is 0. The van der Waals surface area contributed by atoms with Gasteiger partial charge in [0.2, 0.25) is 0 Å². The maximum Gasteiger partial charge on any atom is 0.123 e. The van der Waals surface area contributed by atoms with Gasteiger partial charge in [-0.25, -0.2) is 8.78 Å². The summed E-state index contributed by atoms with van der Waals surface area (Å²) in [5, 5.41) is 0. The lowest BCUT2D eigenvalue weighted by atomic mass is 9.94. The van der Waals surface area contributed by atoms with E-state index < -0.39 is 0 Å². The van der Waals surface area contributed by atoms with Gasteiger partial charge in [0.1, 0.15) is 11.6 Å². The second kappa shape index (κ2) is 6.67. The SMILES string of the molecule is Fc1ccc(CCC(CCl)c2ccc(F)cc2)cc1. The van der Waals surface area contributed by atoms with Crippen LogP contribution in [0.25, 0.3) is 0 Å². The molecule has 0 amide bonds. The first-order valence-electron chi connectivity index (χ1n) is 6.25. The molecule has 2 aromatic carbocycles. The molecule has 0 radical (unpaired) electrons. The number of hydrogen-bond acceptors (Lipinski definition) is 0. The Hall–Kier alpha value is -1.41. The van der Waals surface area contributed by atoms with Crippen molar-refractivity contribution < 1.29 is 8.78 Å². The third-order valence-electron chi connectivity index (χ3n) is 3.22. The summed E-state index contributed by atoms with van der Waals surface area (Å²) in [6.07, 6.45) is 1.69. The summed E-state index contributed by atoms with van der Waals surface area (Å²) in [7, 11) is 0. The summed E-state index contributed by atoms with van der Waals surface area (Å²) in [6, 6.07) is 12.9. The van der Waals surface area contributed by atoms with Crippen LogP contribution in [-0.2, 0) is 6.42 Å². The molecule has 0 aliphatic carbocycles. The van der Waals surface area contributed by atoms with Crippen molar-refractivity contribution >= 4 is 11.6 Å². The molecule has 3 heteroatoms. The van der Waals surface area contributed by atoms with Crippen molar-refractivity contribution in [1.82, 2.24) is 0 Å². The van der Waals surface area contributed by atoms with Crippen LogP contribution in [0.3, 0.4) is 0 Å². The van der Waals surface area contributed by atoms with E-state index in [1.807, 2.05) is 0 Å². The largest absolute Gasteiger partial charge is 0.207 e. The van der Waals surface area contributed by atoms with Crippen molar-refractivity contribution in [1.29, 1.82) is 0 Å². The Labute approximate surface area is 117 Å². The molecule has 0 bridgehead atoms. The van der Waals surface area contributed by atoms with Crippen LogP contribution in [-0.4, -0.2) is 5.88 Å². The Morgan fingerprint density at radius 2 is 1.37 bits per heavy atom. The molecule has 0 aromatic heterocycles. The molecule has 0 fully saturated rings. The van der Waals surface area contributed by atoms with E-state index in [0.29, 0.717) is 5.88 Å². The summed E-state index contributed by atoms with van der Waals surface area (Å²) in [4.78, 5) is 0. The van der Waals surface area contributed by atoms with Crippen molar-refractivity contribution in [3.8, 4) is 0 Å². The first kappa shape index (κ1) is 14.0. The molecule has 0 nitrogen and oxygen atoms in total. The van der Waals surface area contributed by atoms with Gasteiger partial charge in [0, 0.05) is 5.88 Å². The summed E-state index contributed by atoms with van der Waals surface area (Å²) in [5.74, 6) is 0.214. The average molecular weight is 281 g/mol. The highest BCUT2D eigenvalue weighted by molar-refractivity contribution is 6.18. The maximum absolute atomic E-state index is 12.9. The molecule has 1 unspecified atom stereocenters. The molecular weight excluding hydrogens is 266 g/mol. The van der Waals surface area contributed by atoms with E-state index >= 15 is 0 Å².